The molecule has 0 amide bonds. The summed E-state index contributed by atoms with van der Waals surface area (Å²) in [6.45, 7) is 14.0. The summed E-state index contributed by atoms with van der Waals surface area (Å²) in [6, 6.07) is 0.677. The third-order valence-electron chi connectivity index (χ3n) is 2.78. The fraction of sp³-hybridized carbons (Fsp3) is 0.846. The van der Waals surface area contributed by atoms with Gasteiger partial charge in [-0.15, -0.1) is 6.58 Å². The second kappa shape index (κ2) is 8.05. The van der Waals surface area contributed by atoms with Crippen LogP contribution < -0.4 is 5.32 Å². The van der Waals surface area contributed by atoms with E-state index in [0.29, 0.717) is 6.04 Å². The van der Waals surface area contributed by atoms with Crippen LogP contribution in [0.2, 0.25) is 0 Å². The van der Waals surface area contributed by atoms with Gasteiger partial charge < -0.3 is 5.32 Å². The Morgan fingerprint density at radius 2 is 1.93 bits per heavy atom. The topological polar surface area (TPSA) is 12.0 Å². The van der Waals surface area contributed by atoms with Crippen LogP contribution in [0.1, 0.15) is 53.4 Å². The Labute approximate surface area is 90.0 Å². The average Bonchev–Trinajstić information content (AvgIpc) is 2.12. The average molecular weight is 197 g/mol. The van der Waals surface area contributed by atoms with Crippen LogP contribution in [0.3, 0.4) is 0 Å². The van der Waals surface area contributed by atoms with Crippen molar-refractivity contribution >= 4 is 0 Å². The quantitative estimate of drug-likeness (QED) is 0.584. The molecule has 1 N–H and O–H groups in total. The van der Waals surface area contributed by atoms with E-state index in [0.717, 1.165) is 18.9 Å². The van der Waals surface area contributed by atoms with E-state index in [4.69, 9.17) is 0 Å². The van der Waals surface area contributed by atoms with Crippen molar-refractivity contribution in [1.82, 2.24) is 5.32 Å². The van der Waals surface area contributed by atoms with E-state index < -0.39 is 0 Å². The SMILES string of the molecule is C=C(C)CCC(NCC)C(C)CCC. The summed E-state index contributed by atoms with van der Waals surface area (Å²) in [5.74, 6) is 0.791. The van der Waals surface area contributed by atoms with Crippen molar-refractivity contribution in [2.45, 2.75) is 59.4 Å². The van der Waals surface area contributed by atoms with E-state index >= 15 is 0 Å². The molecule has 0 rings (SSSR count). The summed E-state index contributed by atoms with van der Waals surface area (Å²) in [5.41, 5.74) is 1.30. The van der Waals surface area contributed by atoms with Gasteiger partial charge in [0.05, 0.1) is 0 Å². The molecule has 14 heavy (non-hydrogen) atoms. The molecule has 0 aromatic carbocycles. The molecule has 0 aliphatic carbocycles. The van der Waals surface area contributed by atoms with E-state index in [-0.39, 0.29) is 0 Å². The van der Waals surface area contributed by atoms with Gasteiger partial charge in [-0.05, 0) is 38.6 Å². The Hall–Kier alpha value is -0.300. The molecule has 1 heteroatoms. The number of hydrogen-bond acceptors (Lipinski definition) is 1. The highest BCUT2D eigenvalue weighted by atomic mass is 14.9. The molecular formula is C13H27N. The Morgan fingerprint density at radius 1 is 1.29 bits per heavy atom. The Kier molecular flexibility index (Phi) is 7.87. The third kappa shape index (κ3) is 6.20. The predicted octanol–water partition coefficient (Wildman–Crippen LogP) is 3.76. The van der Waals surface area contributed by atoms with Gasteiger partial charge in [-0.2, -0.15) is 0 Å². The summed E-state index contributed by atoms with van der Waals surface area (Å²) in [7, 11) is 0. The summed E-state index contributed by atoms with van der Waals surface area (Å²) < 4.78 is 0. The standard InChI is InChI=1S/C13H27N/c1-6-8-12(5)13(14-7-2)10-9-11(3)4/h12-14H,3,6-10H2,1-2,4-5H3. The first kappa shape index (κ1) is 13.7. The van der Waals surface area contributed by atoms with Crippen LogP contribution in [0.4, 0.5) is 0 Å². The van der Waals surface area contributed by atoms with Crippen LogP contribution in [-0.4, -0.2) is 12.6 Å². The van der Waals surface area contributed by atoms with E-state index in [1.165, 1.54) is 24.8 Å². The monoisotopic (exact) mass is 197 g/mol. The minimum Gasteiger partial charge on any atom is -0.314 e. The van der Waals surface area contributed by atoms with Crippen LogP contribution in [-0.2, 0) is 0 Å². The second-order valence-corrected chi connectivity index (χ2v) is 4.43. The first-order chi connectivity index (χ1) is 6.61. The predicted molar refractivity (Wildman–Crippen MR) is 65.6 cm³/mol. The Bertz CT molecular complexity index is 151. The van der Waals surface area contributed by atoms with E-state index in [9.17, 15) is 0 Å². The van der Waals surface area contributed by atoms with Gasteiger partial charge >= 0.3 is 0 Å². The minimum atomic E-state index is 0.677. The molecule has 0 fully saturated rings. The highest BCUT2D eigenvalue weighted by Gasteiger charge is 2.14. The van der Waals surface area contributed by atoms with Crippen molar-refractivity contribution in [2.75, 3.05) is 6.54 Å². The fourth-order valence-electron chi connectivity index (χ4n) is 1.91. The molecule has 0 heterocycles. The molecule has 2 atom stereocenters. The molecule has 0 saturated carbocycles. The first-order valence-electron chi connectivity index (χ1n) is 5.99. The van der Waals surface area contributed by atoms with E-state index in [1.54, 1.807) is 0 Å². The van der Waals surface area contributed by atoms with Crippen molar-refractivity contribution < 1.29 is 0 Å². The van der Waals surface area contributed by atoms with Gasteiger partial charge in [0, 0.05) is 6.04 Å². The number of allylic oxidation sites excluding steroid dienone is 1. The zero-order valence-electron chi connectivity index (χ0n) is 10.4. The van der Waals surface area contributed by atoms with Crippen LogP contribution in [0.15, 0.2) is 12.2 Å². The van der Waals surface area contributed by atoms with Crippen molar-refractivity contribution in [3.63, 3.8) is 0 Å². The lowest BCUT2D eigenvalue weighted by Crippen LogP contribution is -2.34. The molecule has 0 aliphatic heterocycles. The van der Waals surface area contributed by atoms with Crippen molar-refractivity contribution in [3.8, 4) is 0 Å². The van der Waals surface area contributed by atoms with Crippen molar-refractivity contribution in [2.24, 2.45) is 5.92 Å². The largest absolute Gasteiger partial charge is 0.314 e. The number of hydrogen-bond donors (Lipinski definition) is 1. The Balaban J connectivity index is 3.92. The van der Waals surface area contributed by atoms with Gasteiger partial charge in [0.15, 0.2) is 0 Å². The van der Waals surface area contributed by atoms with Gasteiger partial charge in [-0.25, -0.2) is 0 Å². The van der Waals surface area contributed by atoms with E-state index in [1.807, 2.05) is 0 Å². The van der Waals surface area contributed by atoms with Gasteiger partial charge in [0.25, 0.3) is 0 Å². The summed E-state index contributed by atoms with van der Waals surface area (Å²) in [5, 5.41) is 3.58. The van der Waals surface area contributed by atoms with Gasteiger partial charge in [0.2, 0.25) is 0 Å². The summed E-state index contributed by atoms with van der Waals surface area (Å²) in [6.07, 6.45) is 5.01. The molecule has 0 aromatic heterocycles. The number of rotatable bonds is 8. The van der Waals surface area contributed by atoms with Gasteiger partial charge in [-0.3, -0.25) is 0 Å². The second-order valence-electron chi connectivity index (χ2n) is 4.43. The maximum absolute atomic E-state index is 3.96. The maximum atomic E-state index is 3.96. The normalized spacial score (nSPS) is 15.1. The summed E-state index contributed by atoms with van der Waals surface area (Å²) >= 11 is 0. The lowest BCUT2D eigenvalue weighted by Gasteiger charge is -2.24. The zero-order chi connectivity index (χ0) is 11.0. The van der Waals surface area contributed by atoms with Gasteiger partial charge in [-0.1, -0.05) is 32.8 Å². The van der Waals surface area contributed by atoms with Crippen molar-refractivity contribution in [3.05, 3.63) is 12.2 Å². The smallest absolute Gasteiger partial charge is 0.00956 e. The molecule has 1 nitrogen and oxygen atoms in total. The minimum absolute atomic E-state index is 0.677. The molecule has 0 aromatic rings. The molecule has 84 valence electrons. The third-order valence-corrected chi connectivity index (χ3v) is 2.78. The van der Waals surface area contributed by atoms with Crippen LogP contribution in [0, 0.1) is 5.92 Å². The van der Waals surface area contributed by atoms with Gasteiger partial charge in [0.1, 0.15) is 0 Å². The first-order valence-corrected chi connectivity index (χ1v) is 5.99. The Morgan fingerprint density at radius 3 is 2.36 bits per heavy atom. The highest BCUT2D eigenvalue weighted by Crippen LogP contribution is 2.16. The lowest BCUT2D eigenvalue weighted by atomic mass is 9.92. The number of nitrogens with one attached hydrogen (secondary N) is 1. The van der Waals surface area contributed by atoms with Crippen LogP contribution in [0.25, 0.3) is 0 Å². The van der Waals surface area contributed by atoms with E-state index in [2.05, 4.69) is 39.6 Å². The van der Waals surface area contributed by atoms with Crippen LogP contribution >= 0.6 is 0 Å². The lowest BCUT2D eigenvalue weighted by molar-refractivity contribution is 0.342. The fourth-order valence-corrected chi connectivity index (χ4v) is 1.91. The molecule has 2 unspecified atom stereocenters. The molecule has 0 bridgehead atoms. The molecule has 0 spiro atoms. The van der Waals surface area contributed by atoms with Crippen molar-refractivity contribution in [1.29, 1.82) is 0 Å². The van der Waals surface area contributed by atoms with Crippen LogP contribution in [0.5, 0.6) is 0 Å². The molecule has 0 aliphatic rings. The highest BCUT2D eigenvalue weighted by molar-refractivity contribution is 4.90. The zero-order valence-corrected chi connectivity index (χ0v) is 10.4. The molecule has 0 saturated heterocycles. The summed E-state index contributed by atoms with van der Waals surface area (Å²) in [4.78, 5) is 0. The maximum Gasteiger partial charge on any atom is 0.00956 e. The molecule has 0 radical (unpaired) electrons. The molecular weight excluding hydrogens is 170 g/mol.